The van der Waals surface area contributed by atoms with Gasteiger partial charge < -0.3 is 9.64 Å². The van der Waals surface area contributed by atoms with Crippen LogP contribution in [0.25, 0.3) is 0 Å². The van der Waals surface area contributed by atoms with Crippen molar-refractivity contribution < 1.29 is 18.1 Å². The number of anilines is 1. The summed E-state index contributed by atoms with van der Waals surface area (Å²) in [6.07, 6.45) is 0. The summed E-state index contributed by atoms with van der Waals surface area (Å²) in [5.74, 6) is 0. The lowest BCUT2D eigenvalue weighted by Gasteiger charge is -2.29. The van der Waals surface area contributed by atoms with Crippen molar-refractivity contribution in [3.63, 3.8) is 0 Å². The standard InChI is InChI=1S/C19H23N3O5S/c1-15-5-3-4-6-16(15)14-20(2)18-8-7-17(22(23)24)13-19(18)28(25,26)21-9-11-27-12-10-21/h3-8,13H,9-12,14H2,1-2H3. The van der Waals surface area contributed by atoms with Gasteiger partial charge in [-0.05, 0) is 24.1 Å². The molecule has 3 rings (SSSR count). The summed E-state index contributed by atoms with van der Waals surface area (Å²) in [6.45, 7) is 3.55. The summed E-state index contributed by atoms with van der Waals surface area (Å²) in [4.78, 5) is 12.4. The quantitative estimate of drug-likeness (QED) is 0.542. The maximum Gasteiger partial charge on any atom is 0.270 e. The highest BCUT2D eigenvalue weighted by atomic mass is 32.2. The van der Waals surface area contributed by atoms with Crippen LogP contribution in [-0.4, -0.2) is 51.0 Å². The van der Waals surface area contributed by atoms with E-state index in [0.29, 0.717) is 25.4 Å². The van der Waals surface area contributed by atoms with Gasteiger partial charge in [0.05, 0.1) is 23.8 Å². The fourth-order valence-corrected chi connectivity index (χ4v) is 4.86. The Balaban J connectivity index is 2.03. The van der Waals surface area contributed by atoms with Crippen LogP contribution in [0.5, 0.6) is 0 Å². The number of nitro groups is 1. The van der Waals surface area contributed by atoms with Gasteiger partial charge in [-0.15, -0.1) is 0 Å². The van der Waals surface area contributed by atoms with Gasteiger partial charge in [-0.3, -0.25) is 10.1 Å². The first-order valence-corrected chi connectivity index (χ1v) is 10.4. The molecule has 0 atom stereocenters. The molecule has 0 N–H and O–H groups in total. The van der Waals surface area contributed by atoms with Crippen LogP contribution in [0, 0.1) is 17.0 Å². The molecule has 1 fully saturated rings. The largest absolute Gasteiger partial charge is 0.379 e. The zero-order valence-corrected chi connectivity index (χ0v) is 16.7. The fourth-order valence-electron chi connectivity index (χ4n) is 3.19. The maximum absolute atomic E-state index is 13.2. The molecule has 0 unspecified atom stereocenters. The molecule has 1 aliphatic heterocycles. The first-order valence-electron chi connectivity index (χ1n) is 8.92. The molecule has 0 aliphatic carbocycles. The molecular formula is C19H23N3O5S. The van der Waals surface area contributed by atoms with E-state index in [-0.39, 0.29) is 23.7 Å². The van der Waals surface area contributed by atoms with Crippen molar-refractivity contribution in [2.24, 2.45) is 0 Å². The van der Waals surface area contributed by atoms with Gasteiger partial charge in [-0.2, -0.15) is 4.31 Å². The van der Waals surface area contributed by atoms with Crippen LogP contribution in [0.15, 0.2) is 47.4 Å². The Morgan fingerprint density at radius 1 is 1.18 bits per heavy atom. The van der Waals surface area contributed by atoms with E-state index >= 15 is 0 Å². The van der Waals surface area contributed by atoms with Crippen molar-refractivity contribution in [3.8, 4) is 0 Å². The molecule has 0 bridgehead atoms. The lowest BCUT2D eigenvalue weighted by molar-refractivity contribution is -0.385. The number of ether oxygens (including phenoxy) is 1. The summed E-state index contributed by atoms with van der Waals surface area (Å²) in [7, 11) is -2.11. The zero-order chi connectivity index (χ0) is 20.3. The van der Waals surface area contributed by atoms with Crippen molar-refractivity contribution in [1.29, 1.82) is 0 Å². The number of aryl methyl sites for hydroxylation is 1. The van der Waals surface area contributed by atoms with Crippen molar-refractivity contribution in [2.45, 2.75) is 18.4 Å². The molecule has 1 heterocycles. The Morgan fingerprint density at radius 2 is 1.86 bits per heavy atom. The Labute approximate surface area is 164 Å². The minimum absolute atomic E-state index is 0.0558. The monoisotopic (exact) mass is 405 g/mol. The summed E-state index contributed by atoms with van der Waals surface area (Å²) in [6, 6.07) is 11.8. The molecule has 28 heavy (non-hydrogen) atoms. The topological polar surface area (TPSA) is 93.0 Å². The number of nitro benzene ring substituents is 1. The van der Waals surface area contributed by atoms with Gasteiger partial charge in [0.15, 0.2) is 0 Å². The molecule has 1 saturated heterocycles. The number of nitrogens with zero attached hydrogens (tertiary/aromatic N) is 3. The predicted octanol–water partition coefficient (Wildman–Crippen LogP) is 2.56. The van der Waals surface area contributed by atoms with Crippen LogP contribution in [0.3, 0.4) is 0 Å². The molecule has 2 aromatic carbocycles. The normalized spacial score (nSPS) is 15.4. The molecule has 2 aromatic rings. The van der Waals surface area contributed by atoms with Crippen LogP contribution in [0.1, 0.15) is 11.1 Å². The molecule has 8 nitrogen and oxygen atoms in total. The molecule has 150 valence electrons. The van der Waals surface area contributed by atoms with Gasteiger partial charge in [0.2, 0.25) is 10.0 Å². The van der Waals surface area contributed by atoms with Crippen molar-refractivity contribution in [3.05, 3.63) is 63.7 Å². The molecule has 0 amide bonds. The third-order valence-corrected chi connectivity index (χ3v) is 6.75. The number of hydrogen-bond acceptors (Lipinski definition) is 6. The number of rotatable bonds is 6. The predicted molar refractivity (Wildman–Crippen MR) is 106 cm³/mol. The number of morpholine rings is 1. The van der Waals surface area contributed by atoms with Crippen LogP contribution < -0.4 is 4.90 Å². The molecule has 0 saturated carbocycles. The van der Waals surface area contributed by atoms with Crippen LogP contribution >= 0.6 is 0 Å². The van der Waals surface area contributed by atoms with E-state index in [4.69, 9.17) is 4.74 Å². The van der Waals surface area contributed by atoms with E-state index in [0.717, 1.165) is 17.2 Å². The average Bonchev–Trinajstić information content (AvgIpc) is 2.69. The SMILES string of the molecule is Cc1ccccc1CN(C)c1ccc([N+](=O)[O-])cc1S(=O)(=O)N1CCOCC1. The van der Waals surface area contributed by atoms with Crippen LogP contribution in [-0.2, 0) is 21.3 Å². The zero-order valence-electron chi connectivity index (χ0n) is 15.9. The van der Waals surface area contributed by atoms with E-state index in [9.17, 15) is 18.5 Å². The Morgan fingerprint density at radius 3 is 2.50 bits per heavy atom. The average molecular weight is 405 g/mol. The second-order valence-electron chi connectivity index (χ2n) is 6.71. The van der Waals surface area contributed by atoms with E-state index < -0.39 is 14.9 Å². The van der Waals surface area contributed by atoms with Gasteiger partial charge in [-0.25, -0.2) is 8.42 Å². The van der Waals surface area contributed by atoms with E-state index in [1.807, 2.05) is 31.2 Å². The van der Waals surface area contributed by atoms with Crippen molar-refractivity contribution >= 4 is 21.4 Å². The van der Waals surface area contributed by atoms with Crippen LogP contribution in [0.4, 0.5) is 11.4 Å². The number of non-ortho nitro benzene ring substituents is 1. The van der Waals surface area contributed by atoms with E-state index in [1.165, 1.54) is 16.4 Å². The minimum Gasteiger partial charge on any atom is -0.379 e. The Bertz CT molecular complexity index is 971. The van der Waals surface area contributed by atoms with Gasteiger partial charge in [0, 0.05) is 38.8 Å². The van der Waals surface area contributed by atoms with Crippen LogP contribution in [0.2, 0.25) is 0 Å². The first kappa shape index (κ1) is 20.2. The third-order valence-electron chi connectivity index (χ3n) is 4.82. The lowest BCUT2D eigenvalue weighted by atomic mass is 10.1. The maximum atomic E-state index is 13.2. The highest BCUT2D eigenvalue weighted by Gasteiger charge is 2.31. The summed E-state index contributed by atoms with van der Waals surface area (Å²) in [5.41, 5.74) is 2.33. The van der Waals surface area contributed by atoms with E-state index in [2.05, 4.69) is 0 Å². The van der Waals surface area contributed by atoms with Gasteiger partial charge in [0.1, 0.15) is 4.90 Å². The smallest absolute Gasteiger partial charge is 0.270 e. The summed E-state index contributed by atoms with van der Waals surface area (Å²) in [5, 5.41) is 11.2. The van der Waals surface area contributed by atoms with Crippen molar-refractivity contribution in [2.75, 3.05) is 38.3 Å². The van der Waals surface area contributed by atoms with Crippen molar-refractivity contribution in [1.82, 2.24) is 4.31 Å². The minimum atomic E-state index is -3.89. The fraction of sp³-hybridized carbons (Fsp3) is 0.368. The highest BCUT2D eigenvalue weighted by Crippen LogP contribution is 2.32. The number of benzene rings is 2. The third kappa shape index (κ3) is 4.16. The molecule has 0 aromatic heterocycles. The van der Waals surface area contributed by atoms with Gasteiger partial charge >= 0.3 is 0 Å². The summed E-state index contributed by atoms with van der Waals surface area (Å²) >= 11 is 0. The second kappa shape index (κ2) is 8.26. The van der Waals surface area contributed by atoms with Gasteiger partial charge in [-0.1, -0.05) is 24.3 Å². The summed E-state index contributed by atoms with van der Waals surface area (Å²) < 4.78 is 33.0. The number of hydrogen-bond donors (Lipinski definition) is 0. The van der Waals surface area contributed by atoms with E-state index in [1.54, 1.807) is 11.9 Å². The molecule has 0 radical (unpaired) electrons. The molecule has 1 aliphatic rings. The van der Waals surface area contributed by atoms with Gasteiger partial charge in [0.25, 0.3) is 5.69 Å². The highest BCUT2D eigenvalue weighted by molar-refractivity contribution is 7.89. The molecule has 9 heteroatoms. The molecular weight excluding hydrogens is 382 g/mol. The molecule has 0 spiro atoms. The first-order chi connectivity index (χ1) is 13.3. The Hall–Kier alpha value is -2.49. The number of sulfonamides is 1. The Kier molecular flexibility index (Phi) is 5.97. The second-order valence-corrected chi connectivity index (χ2v) is 8.61. The lowest BCUT2D eigenvalue weighted by Crippen LogP contribution is -2.41.